The zero-order chi connectivity index (χ0) is 47.9. The average Bonchev–Trinajstić information content (AvgIpc) is 3.21. The molecule has 66 heavy (non-hydrogen) atoms. The van der Waals surface area contributed by atoms with Gasteiger partial charge in [0.15, 0.2) is 23.0 Å². The van der Waals surface area contributed by atoms with Gasteiger partial charge < -0.3 is 23.7 Å². The molecule has 7 rings (SSSR count). The molecule has 0 aromatic heterocycles. The number of hydrogen-bond acceptors (Lipinski definition) is 8. The highest BCUT2D eigenvalue weighted by atomic mass is 32.3. The van der Waals surface area contributed by atoms with E-state index >= 15 is 8.42 Å². The molecule has 348 valence electrons. The van der Waals surface area contributed by atoms with E-state index in [9.17, 15) is 0 Å². The van der Waals surface area contributed by atoms with Crippen LogP contribution in [0.2, 0.25) is 0 Å². The largest absolute Gasteiger partial charge is 0.489 e. The van der Waals surface area contributed by atoms with Crippen molar-refractivity contribution in [1.29, 1.82) is 0 Å². The SMILES string of the molecule is Cc1ccc(S(=O)(=O)OS(c2ccc(OCc3cc4ccccc4c4ccccc34)cc2)(c2ccc(OC(C)(C)C)c(OC(C)(C)C)c2)c2ccc(OC(C)(C)C)c(OC(C)(C)C)c2)cc1. The monoisotopic (exact) mass is 928 g/mol. The first-order valence-electron chi connectivity index (χ1n) is 22.3. The zero-order valence-electron chi connectivity index (χ0n) is 40.6. The molecule has 0 atom stereocenters. The van der Waals surface area contributed by atoms with Gasteiger partial charge in [-0.2, -0.15) is 8.42 Å². The third-order valence-corrected chi connectivity index (χ3v) is 15.2. The van der Waals surface area contributed by atoms with Crippen molar-refractivity contribution in [2.24, 2.45) is 0 Å². The molecule has 0 unspecified atom stereocenters. The van der Waals surface area contributed by atoms with Crippen molar-refractivity contribution >= 4 is 42.0 Å². The van der Waals surface area contributed by atoms with Crippen molar-refractivity contribution in [2.75, 3.05) is 0 Å². The number of fused-ring (bicyclic) bond motifs is 3. The highest BCUT2D eigenvalue weighted by Gasteiger charge is 2.41. The molecule has 10 heteroatoms. The molecule has 0 fully saturated rings. The van der Waals surface area contributed by atoms with Crippen LogP contribution < -0.4 is 23.7 Å². The van der Waals surface area contributed by atoms with Gasteiger partial charge in [-0.25, -0.2) is 3.63 Å². The molecule has 0 aliphatic carbocycles. The first-order valence-corrected chi connectivity index (χ1v) is 25.3. The second kappa shape index (κ2) is 18.2. The second-order valence-corrected chi connectivity index (χ2v) is 25.0. The number of ether oxygens (including phenoxy) is 5. The smallest absolute Gasteiger partial charge is 0.307 e. The molecule has 0 saturated heterocycles. The Bertz CT molecular complexity index is 2870. The lowest BCUT2D eigenvalue weighted by molar-refractivity contribution is 0.0953. The van der Waals surface area contributed by atoms with E-state index in [1.165, 1.54) is 5.39 Å². The molecule has 0 aliphatic rings. The molecule has 0 saturated carbocycles. The summed E-state index contributed by atoms with van der Waals surface area (Å²) in [5, 5.41) is 4.59. The van der Waals surface area contributed by atoms with Gasteiger partial charge in [-0.15, -0.1) is 0 Å². The van der Waals surface area contributed by atoms with E-state index in [1.807, 2.05) is 163 Å². The van der Waals surface area contributed by atoms with Gasteiger partial charge in [-0.3, -0.25) is 0 Å². The number of hydrogen-bond donors (Lipinski definition) is 0. The minimum atomic E-state index is -4.49. The third-order valence-electron chi connectivity index (χ3n) is 10.1. The molecule has 0 heterocycles. The minimum absolute atomic E-state index is 0.0187. The summed E-state index contributed by atoms with van der Waals surface area (Å²) in [5.41, 5.74) is -0.453. The molecule has 0 radical (unpaired) electrons. The van der Waals surface area contributed by atoms with Crippen LogP contribution in [-0.2, 0) is 20.4 Å². The summed E-state index contributed by atoms with van der Waals surface area (Å²) >= 11 is 0. The molecular weight excluding hydrogens is 865 g/mol. The van der Waals surface area contributed by atoms with Gasteiger partial charge in [-0.05, 0) is 206 Å². The quantitative estimate of drug-likeness (QED) is 0.106. The number of benzene rings is 7. The molecule has 0 aliphatic heterocycles. The average molecular weight is 929 g/mol. The fourth-order valence-corrected chi connectivity index (χ4v) is 12.7. The van der Waals surface area contributed by atoms with Gasteiger partial charge >= 0.3 is 10.1 Å². The Labute approximate surface area is 393 Å². The molecular formula is C56H64O8S2. The summed E-state index contributed by atoms with van der Waals surface area (Å²) in [4.78, 5) is 1.69. The number of aryl methyl sites for hydroxylation is 1. The van der Waals surface area contributed by atoms with Gasteiger partial charge in [0.05, 0.1) is 4.90 Å². The van der Waals surface area contributed by atoms with Crippen LogP contribution in [0.3, 0.4) is 0 Å². The van der Waals surface area contributed by atoms with Crippen LogP contribution in [0.4, 0.5) is 0 Å². The van der Waals surface area contributed by atoms with Gasteiger partial charge in [0, 0.05) is 14.7 Å². The Morgan fingerprint density at radius 3 is 1.35 bits per heavy atom. The lowest BCUT2D eigenvalue weighted by atomic mass is 9.98. The van der Waals surface area contributed by atoms with Gasteiger partial charge in [0.25, 0.3) is 0 Å². The maximum Gasteiger partial charge on any atom is 0.307 e. The van der Waals surface area contributed by atoms with E-state index in [0.717, 1.165) is 27.3 Å². The lowest BCUT2D eigenvalue weighted by Crippen LogP contribution is -2.27. The predicted octanol–water partition coefficient (Wildman–Crippen LogP) is 15.2. The van der Waals surface area contributed by atoms with E-state index in [2.05, 4.69) is 42.5 Å². The standard InChI is InChI=1S/C56H64O8S2/c1-38-22-26-43(27-23-38)66(57,58)64-65(44-30-32-49(60-53(2,3)4)51(35-44)62-55(8,9)10,45-31-33-50(61-54(5,6)7)52(36-45)63-56(11,12)13)42-28-24-41(25-29-42)59-37-40-34-39-18-14-15-19-46(39)48-21-17-16-20-47(40)48/h14-36H,37H2,1-13H3. The summed E-state index contributed by atoms with van der Waals surface area (Å²) in [6.45, 7) is 25.8. The van der Waals surface area contributed by atoms with Crippen molar-refractivity contribution in [3.05, 3.63) is 151 Å². The normalized spacial score (nSPS) is 13.1. The molecule has 7 aromatic rings. The van der Waals surface area contributed by atoms with Gasteiger partial charge in [-0.1, -0.05) is 66.2 Å². The van der Waals surface area contributed by atoms with Crippen molar-refractivity contribution in [3.63, 3.8) is 0 Å². The third kappa shape index (κ3) is 11.5. The van der Waals surface area contributed by atoms with Crippen LogP contribution in [0.1, 0.15) is 94.2 Å². The van der Waals surface area contributed by atoms with Crippen LogP contribution in [0.5, 0.6) is 28.7 Å². The summed E-state index contributed by atoms with van der Waals surface area (Å²) in [7, 11) is -7.76. The summed E-state index contributed by atoms with van der Waals surface area (Å²) in [6.07, 6.45) is 0. The Morgan fingerprint density at radius 2 is 0.848 bits per heavy atom. The van der Waals surface area contributed by atoms with Crippen molar-refractivity contribution in [3.8, 4) is 28.7 Å². The van der Waals surface area contributed by atoms with E-state index < -0.39 is 42.8 Å². The first-order chi connectivity index (χ1) is 30.8. The maximum atomic E-state index is 15.0. The van der Waals surface area contributed by atoms with Gasteiger partial charge in [0.1, 0.15) is 34.8 Å². The van der Waals surface area contributed by atoms with Crippen molar-refractivity contribution in [2.45, 2.75) is 139 Å². The van der Waals surface area contributed by atoms with E-state index in [0.29, 0.717) is 50.0 Å². The zero-order valence-corrected chi connectivity index (χ0v) is 42.2. The highest BCUT2D eigenvalue weighted by Crippen LogP contribution is 2.72. The number of rotatable bonds is 13. The second-order valence-electron chi connectivity index (χ2n) is 20.5. The topological polar surface area (TPSA) is 89.5 Å². The highest BCUT2D eigenvalue weighted by molar-refractivity contribution is 8.33. The van der Waals surface area contributed by atoms with Gasteiger partial charge in [0.2, 0.25) is 0 Å². The van der Waals surface area contributed by atoms with Crippen molar-refractivity contribution in [1.82, 2.24) is 0 Å². The molecule has 0 amide bonds. The van der Waals surface area contributed by atoms with Crippen LogP contribution in [0.15, 0.2) is 159 Å². The molecule has 8 nitrogen and oxygen atoms in total. The summed E-state index contributed by atoms with van der Waals surface area (Å²) in [6, 6.07) is 44.2. The molecule has 0 N–H and O–H groups in total. The fraction of sp³-hybridized carbons (Fsp3) is 0.321. The van der Waals surface area contributed by atoms with Crippen LogP contribution in [-0.4, -0.2) is 30.8 Å². The Hall–Kier alpha value is -5.68. The van der Waals surface area contributed by atoms with Crippen LogP contribution >= 0.6 is 10.3 Å². The predicted molar refractivity (Wildman–Crippen MR) is 268 cm³/mol. The summed E-state index contributed by atoms with van der Waals surface area (Å²) < 4.78 is 69.8. The van der Waals surface area contributed by atoms with Crippen LogP contribution in [0, 0.1) is 6.92 Å². The van der Waals surface area contributed by atoms with Crippen molar-refractivity contribution < 1.29 is 35.7 Å². The van der Waals surface area contributed by atoms with Crippen LogP contribution in [0.25, 0.3) is 21.5 Å². The minimum Gasteiger partial charge on any atom is -0.489 e. The maximum absolute atomic E-state index is 15.0. The summed E-state index contributed by atoms with van der Waals surface area (Å²) in [5.74, 6) is 2.48. The first kappa shape index (κ1) is 48.3. The molecule has 0 bridgehead atoms. The van der Waals surface area contributed by atoms with E-state index in [4.69, 9.17) is 27.3 Å². The Balaban J connectivity index is 1.46. The fourth-order valence-electron chi connectivity index (χ4n) is 7.53. The Morgan fingerprint density at radius 1 is 0.424 bits per heavy atom. The molecule has 0 spiro atoms. The van der Waals surface area contributed by atoms with E-state index in [1.54, 1.807) is 24.3 Å². The molecule has 7 aromatic carbocycles. The Kier molecular flexibility index (Phi) is 13.3. The lowest BCUT2D eigenvalue weighted by Gasteiger charge is -2.40. The van der Waals surface area contributed by atoms with E-state index in [-0.39, 0.29) is 4.90 Å².